The largest absolute Gasteiger partial charge is 0.475 e. The van der Waals surface area contributed by atoms with E-state index in [1.807, 2.05) is 0 Å². The molecule has 0 saturated carbocycles. The Labute approximate surface area is 122 Å². The van der Waals surface area contributed by atoms with E-state index in [4.69, 9.17) is 21.1 Å². The van der Waals surface area contributed by atoms with Gasteiger partial charge in [-0.3, -0.25) is 0 Å². The number of aromatic carboxylic acids is 1. The number of halogens is 4. The van der Waals surface area contributed by atoms with Crippen LogP contribution in [0.25, 0.3) is 0 Å². The molecule has 1 aromatic carbocycles. The van der Waals surface area contributed by atoms with Gasteiger partial charge in [-0.05, 0) is 18.2 Å². The van der Waals surface area contributed by atoms with E-state index >= 15 is 0 Å². The summed E-state index contributed by atoms with van der Waals surface area (Å²) in [5.74, 6) is -1.63. The Hall–Kier alpha value is -2.15. The summed E-state index contributed by atoms with van der Waals surface area (Å²) < 4.78 is 43.4. The van der Waals surface area contributed by atoms with Crippen molar-refractivity contribution in [2.45, 2.75) is 12.7 Å². The minimum absolute atomic E-state index is 0.106. The van der Waals surface area contributed by atoms with Gasteiger partial charge in [0.25, 0.3) is 0 Å². The molecule has 2 rings (SSSR count). The van der Waals surface area contributed by atoms with Crippen LogP contribution in [0.2, 0.25) is 5.02 Å². The number of furan rings is 1. The van der Waals surface area contributed by atoms with E-state index in [1.54, 1.807) is 0 Å². The van der Waals surface area contributed by atoms with Gasteiger partial charge in [0.2, 0.25) is 5.76 Å². The fourth-order valence-corrected chi connectivity index (χ4v) is 2.03. The second kappa shape index (κ2) is 5.69. The van der Waals surface area contributed by atoms with Gasteiger partial charge in [-0.2, -0.15) is 13.2 Å². The van der Waals surface area contributed by atoms with Crippen molar-refractivity contribution in [3.63, 3.8) is 0 Å². The SMILES string of the molecule is O=C(O)c1occc1CNc1c(Cl)cccc1C(F)(F)F. The minimum Gasteiger partial charge on any atom is -0.475 e. The average Bonchev–Trinajstić information content (AvgIpc) is 2.84. The molecule has 0 aliphatic rings. The maximum atomic E-state index is 12.9. The van der Waals surface area contributed by atoms with Gasteiger partial charge < -0.3 is 14.8 Å². The van der Waals surface area contributed by atoms with Crippen LogP contribution in [0.5, 0.6) is 0 Å². The van der Waals surface area contributed by atoms with E-state index in [0.717, 1.165) is 12.3 Å². The molecule has 0 aliphatic carbocycles. The minimum atomic E-state index is -4.57. The first kappa shape index (κ1) is 15.2. The lowest BCUT2D eigenvalue weighted by atomic mass is 10.1. The van der Waals surface area contributed by atoms with Crippen LogP contribution < -0.4 is 5.32 Å². The number of hydrogen-bond acceptors (Lipinski definition) is 3. The number of hydrogen-bond donors (Lipinski definition) is 2. The van der Waals surface area contributed by atoms with E-state index in [0.29, 0.717) is 0 Å². The zero-order valence-corrected chi connectivity index (χ0v) is 11.1. The van der Waals surface area contributed by atoms with Crippen LogP contribution in [-0.4, -0.2) is 11.1 Å². The molecule has 112 valence electrons. The summed E-state index contributed by atoms with van der Waals surface area (Å²) in [5.41, 5.74) is -1.00. The van der Waals surface area contributed by atoms with Gasteiger partial charge in [-0.15, -0.1) is 0 Å². The first-order chi connectivity index (χ1) is 9.80. The predicted molar refractivity (Wildman–Crippen MR) is 69.4 cm³/mol. The molecule has 0 atom stereocenters. The highest BCUT2D eigenvalue weighted by Crippen LogP contribution is 2.38. The lowest BCUT2D eigenvalue weighted by molar-refractivity contribution is -0.137. The number of nitrogens with one attached hydrogen (secondary N) is 1. The summed E-state index contributed by atoms with van der Waals surface area (Å²) >= 11 is 5.78. The van der Waals surface area contributed by atoms with E-state index < -0.39 is 17.7 Å². The molecular weight excluding hydrogens is 311 g/mol. The van der Waals surface area contributed by atoms with Gasteiger partial charge in [0.05, 0.1) is 22.5 Å². The van der Waals surface area contributed by atoms with Crippen molar-refractivity contribution in [2.75, 3.05) is 5.32 Å². The van der Waals surface area contributed by atoms with Crippen LogP contribution in [0.3, 0.4) is 0 Å². The molecule has 0 saturated heterocycles. The summed E-state index contributed by atoms with van der Waals surface area (Å²) in [6.07, 6.45) is -3.42. The molecule has 2 N–H and O–H groups in total. The first-order valence-corrected chi connectivity index (χ1v) is 6.07. The molecule has 1 aromatic heterocycles. The van der Waals surface area contributed by atoms with Crippen LogP contribution >= 0.6 is 11.6 Å². The summed E-state index contributed by atoms with van der Waals surface area (Å²) in [5, 5.41) is 11.3. The van der Waals surface area contributed by atoms with Crippen LogP contribution in [0, 0.1) is 0 Å². The molecule has 0 aliphatic heterocycles. The van der Waals surface area contributed by atoms with Crippen molar-refractivity contribution in [2.24, 2.45) is 0 Å². The van der Waals surface area contributed by atoms with Crippen LogP contribution in [-0.2, 0) is 12.7 Å². The maximum absolute atomic E-state index is 12.9. The van der Waals surface area contributed by atoms with Crippen molar-refractivity contribution < 1.29 is 27.5 Å². The van der Waals surface area contributed by atoms with Gasteiger partial charge in [-0.1, -0.05) is 17.7 Å². The Morgan fingerprint density at radius 2 is 2.05 bits per heavy atom. The fourth-order valence-electron chi connectivity index (χ4n) is 1.79. The number of alkyl halides is 3. The molecule has 0 fully saturated rings. The van der Waals surface area contributed by atoms with Gasteiger partial charge in [0.1, 0.15) is 0 Å². The summed E-state index contributed by atoms with van der Waals surface area (Å²) in [6.45, 7) is -0.162. The second-order valence-electron chi connectivity index (χ2n) is 4.09. The third kappa shape index (κ3) is 3.30. The molecule has 0 bridgehead atoms. The first-order valence-electron chi connectivity index (χ1n) is 5.70. The lowest BCUT2D eigenvalue weighted by Crippen LogP contribution is -2.12. The molecule has 4 nitrogen and oxygen atoms in total. The number of benzene rings is 1. The van der Waals surface area contributed by atoms with Crippen LogP contribution in [0.15, 0.2) is 34.9 Å². The van der Waals surface area contributed by atoms with E-state index in [1.165, 1.54) is 18.2 Å². The number of carboxylic acid groups (broad SMARTS) is 1. The summed E-state index contributed by atoms with van der Waals surface area (Å²) in [7, 11) is 0. The molecule has 0 unspecified atom stereocenters. The highest BCUT2D eigenvalue weighted by molar-refractivity contribution is 6.33. The summed E-state index contributed by atoms with van der Waals surface area (Å²) in [4.78, 5) is 10.9. The molecule has 21 heavy (non-hydrogen) atoms. The fraction of sp³-hybridized carbons (Fsp3) is 0.154. The number of para-hydroxylation sites is 1. The molecular formula is C13H9ClF3NO3. The zero-order chi connectivity index (χ0) is 15.6. The van der Waals surface area contributed by atoms with E-state index in [2.05, 4.69) is 5.32 Å². The van der Waals surface area contributed by atoms with Crippen LogP contribution in [0.4, 0.5) is 18.9 Å². The Bertz CT molecular complexity index is 667. The highest BCUT2D eigenvalue weighted by atomic mass is 35.5. The lowest BCUT2D eigenvalue weighted by Gasteiger charge is -2.15. The van der Waals surface area contributed by atoms with Crippen LogP contribution in [0.1, 0.15) is 21.7 Å². The number of rotatable bonds is 4. The molecule has 2 aromatic rings. The quantitative estimate of drug-likeness (QED) is 0.883. The van der Waals surface area contributed by atoms with Crippen molar-refractivity contribution in [1.29, 1.82) is 0 Å². The Balaban J connectivity index is 2.28. The van der Waals surface area contributed by atoms with Crippen molar-refractivity contribution in [1.82, 2.24) is 0 Å². The Morgan fingerprint density at radius 1 is 1.33 bits per heavy atom. The Morgan fingerprint density at radius 3 is 2.67 bits per heavy atom. The normalized spacial score (nSPS) is 11.4. The smallest absolute Gasteiger partial charge is 0.418 e. The Kier molecular flexibility index (Phi) is 4.13. The third-order valence-electron chi connectivity index (χ3n) is 2.72. The van der Waals surface area contributed by atoms with E-state index in [-0.39, 0.29) is 28.6 Å². The molecule has 0 spiro atoms. The van der Waals surface area contributed by atoms with E-state index in [9.17, 15) is 18.0 Å². The standard InChI is InChI=1S/C13H9ClF3NO3/c14-9-3-1-2-8(13(15,16)17)10(9)18-6-7-4-5-21-11(7)12(19)20/h1-5,18H,6H2,(H,19,20). The maximum Gasteiger partial charge on any atom is 0.418 e. The molecule has 0 radical (unpaired) electrons. The van der Waals surface area contributed by atoms with Crippen molar-refractivity contribution >= 4 is 23.3 Å². The number of anilines is 1. The topological polar surface area (TPSA) is 62.5 Å². The summed E-state index contributed by atoms with van der Waals surface area (Å²) in [6, 6.07) is 4.76. The molecule has 0 amide bonds. The number of carbonyl (C=O) groups is 1. The van der Waals surface area contributed by atoms with Gasteiger partial charge in [-0.25, -0.2) is 4.79 Å². The van der Waals surface area contributed by atoms with Crippen molar-refractivity contribution in [3.05, 3.63) is 52.4 Å². The average molecular weight is 320 g/mol. The molecule has 8 heteroatoms. The molecule has 1 heterocycles. The van der Waals surface area contributed by atoms with Gasteiger partial charge in [0.15, 0.2) is 0 Å². The monoisotopic (exact) mass is 319 g/mol. The van der Waals surface area contributed by atoms with Crippen molar-refractivity contribution in [3.8, 4) is 0 Å². The predicted octanol–water partition coefficient (Wildman–Crippen LogP) is 4.26. The number of carboxylic acids is 1. The second-order valence-corrected chi connectivity index (χ2v) is 4.50. The van der Waals surface area contributed by atoms with Gasteiger partial charge in [0, 0.05) is 12.1 Å². The zero-order valence-electron chi connectivity index (χ0n) is 10.4. The highest BCUT2D eigenvalue weighted by Gasteiger charge is 2.34. The third-order valence-corrected chi connectivity index (χ3v) is 3.03. The van der Waals surface area contributed by atoms with Gasteiger partial charge >= 0.3 is 12.1 Å².